The summed E-state index contributed by atoms with van der Waals surface area (Å²) in [7, 11) is 0. The Morgan fingerprint density at radius 1 is 1.33 bits per heavy atom. The van der Waals surface area contributed by atoms with Gasteiger partial charge in [0, 0.05) is 18.0 Å². The number of amides is 1. The van der Waals surface area contributed by atoms with Gasteiger partial charge in [-0.25, -0.2) is 0 Å². The molecule has 0 aromatic carbocycles. The number of carbonyl (C=O) groups is 1. The first-order chi connectivity index (χ1) is 8.74. The molecular weight excluding hydrogens is 246 g/mol. The molecule has 0 saturated carbocycles. The minimum absolute atomic E-state index is 0.119. The summed E-state index contributed by atoms with van der Waals surface area (Å²) in [4.78, 5) is 16.5. The Labute approximate surface area is 111 Å². The van der Waals surface area contributed by atoms with Crippen LogP contribution < -0.4 is 0 Å². The summed E-state index contributed by atoms with van der Waals surface area (Å²) in [6, 6.07) is 2.09. The number of nitrogens with zero attached hydrogens (tertiary/aromatic N) is 1. The van der Waals surface area contributed by atoms with Crippen LogP contribution in [0.1, 0.15) is 45.8 Å². The molecule has 18 heavy (non-hydrogen) atoms. The van der Waals surface area contributed by atoms with Crippen molar-refractivity contribution in [3.8, 4) is 0 Å². The van der Waals surface area contributed by atoms with Crippen molar-refractivity contribution in [2.75, 3.05) is 13.1 Å². The largest absolute Gasteiger partial charge is 0.391 e. The summed E-state index contributed by atoms with van der Waals surface area (Å²) >= 11 is 1.67. The van der Waals surface area contributed by atoms with E-state index in [-0.39, 0.29) is 12.0 Å². The second kappa shape index (κ2) is 5.02. The topological polar surface area (TPSA) is 40.5 Å². The number of aliphatic hydroxyl groups excluding tert-OH is 1. The molecule has 1 saturated heterocycles. The van der Waals surface area contributed by atoms with Crippen molar-refractivity contribution in [2.24, 2.45) is 0 Å². The highest BCUT2D eigenvalue weighted by molar-refractivity contribution is 7.14. The Bertz CT molecular complexity index is 431. The highest BCUT2D eigenvalue weighted by Gasteiger charge is 2.25. The predicted octanol–water partition coefficient (Wildman–Crippen LogP) is 2.22. The maximum absolute atomic E-state index is 12.4. The minimum atomic E-state index is -0.336. The number of piperidine rings is 1. The zero-order valence-corrected chi connectivity index (χ0v) is 11.3. The number of thiophene rings is 1. The number of fused-ring (bicyclic) bond motifs is 1. The molecule has 1 aliphatic heterocycles. The number of carbonyl (C=O) groups excluding carboxylic acids is 1. The van der Waals surface area contributed by atoms with E-state index in [1.165, 1.54) is 23.3 Å². The molecule has 0 bridgehead atoms. The van der Waals surface area contributed by atoms with Crippen LogP contribution in [0.4, 0.5) is 0 Å². The van der Waals surface area contributed by atoms with Crippen LogP contribution >= 0.6 is 11.3 Å². The average Bonchev–Trinajstić information content (AvgIpc) is 2.81. The Morgan fingerprint density at radius 3 is 2.94 bits per heavy atom. The number of aryl methyl sites for hydroxylation is 2. The van der Waals surface area contributed by atoms with E-state index in [1.807, 2.05) is 4.90 Å². The fraction of sp³-hybridized carbons (Fsp3) is 0.643. The molecule has 3 rings (SSSR count). The summed E-state index contributed by atoms with van der Waals surface area (Å²) in [6.45, 7) is 1.29. The van der Waals surface area contributed by atoms with E-state index in [1.54, 1.807) is 11.3 Å². The summed E-state index contributed by atoms with van der Waals surface area (Å²) in [5.41, 5.74) is 1.38. The van der Waals surface area contributed by atoms with Crippen molar-refractivity contribution in [1.82, 2.24) is 4.90 Å². The lowest BCUT2D eigenvalue weighted by molar-refractivity contribution is 0.0477. The molecule has 0 spiro atoms. The normalized spacial score (nSPS) is 23.8. The van der Waals surface area contributed by atoms with Crippen LogP contribution in [0.25, 0.3) is 0 Å². The first-order valence-corrected chi connectivity index (χ1v) is 7.64. The molecule has 2 aliphatic rings. The fourth-order valence-electron chi connectivity index (χ4n) is 2.89. The van der Waals surface area contributed by atoms with Crippen LogP contribution in [-0.2, 0) is 12.8 Å². The molecule has 0 unspecified atom stereocenters. The van der Waals surface area contributed by atoms with Crippen LogP contribution in [0.15, 0.2) is 6.07 Å². The standard InChI is InChI=1S/C14H19NO2S/c16-11-5-3-7-15(9-11)14(17)13-8-10-4-1-2-6-12(10)18-13/h8,11,16H,1-7,9H2/t11-/m0/s1. The zero-order valence-electron chi connectivity index (χ0n) is 10.5. The van der Waals surface area contributed by atoms with Crippen LogP contribution in [0.3, 0.4) is 0 Å². The molecule has 1 aromatic rings. The first-order valence-electron chi connectivity index (χ1n) is 6.83. The predicted molar refractivity (Wildman–Crippen MR) is 72.1 cm³/mol. The van der Waals surface area contributed by atoms with E-state index >= 15 is 0 Å². The van der Waals surface area contributed by atoms with Gasteiger partial charge in [0.1, 0.15) is 0 Å². The Morgan fingerprint density at radius 2 is 2.17 bits per heavy atom. The Kier molecular flexibility index (Phi) is 3.39. The summed E-state index contributed by atoms with van der Waals surface area (Å²) in [5.74, 6) is 0.119. The van der Waals surface area contributed by atoms with Crippen LogP contribution in [0.5, 0.6) is 0 Å². The fourth-order valence-corrected chi connectivity index (χ4v) is 4.11. The van der Waals surface area contributed by atoms with Crippen molar-refractivity contribution in [1.29, 1.82) is 0 Å². The van der Waals surface area contributed by atoms with Crippen LogP contribution in [-0.4, -0.2) is 35.1 Å². The van der Waals surface area contributed by atoms with Gasteiger partial charge in [0.05, 0.1) is 11.0 Å². The molecular formula is C14H19NO2S. The number of hydrogen-bond donors (Lipinski definition) is 1. The number of β-amino-alcohol motifs (C(OH)–C–C–N with tert-alkyl or cyclic N) is 1. The molecule has 3 nitrogen and oxygen atoms in total. The lowest BCUT2D eigenvalue weighted by Gasteiger charge is -2.29. The van der Waals surface area contributed by atoms with Gasteiger partial charge >= 0.3 is 0 Å². The summed E-state index contributed by atoms with van der Waals surface area (Å²) in [5, 5.41) is 9.65. The number of hydrogen-bond acceptors (Lipinski definition) is 3. The van der Waals surface area contributed by atoms with Gasteiger partial charge in [-0.1, -0.05) is 0 Å². The molecule has 1 amide bonds. The third kappa shape index (κ3) is 2.31. The van der Waals surface area contributed by atoms with E-state index in [9.17, 15) is 9.90 Å². The molecule has 98 valence electrons. The Balaban J connectivity index is 1.77. The molecule has 0 radical (unpaired) electrons. The lowest BCUT2D eigenvalue weighted by atomic mass is 9.99. The van der Waals surface area contributed by atoms with Gasteiger partial charge in [-0.05, 0) is 50.2 Å². The number of aliphatic hydroxyl groups is 1. The van der Waals surface area contributed by atoms with E-state index in [4.69, 9.17) is 0 Å². The van der Waals surface area contributed by atoms with Crippen molar-refractivity contribution in [3.05, 3.63) is 21.4 Å². The van der Waals surface area contributed by atoms with Crippen molar-refractivity contribution in [3.63, 3.8) is 0 Å². The molecule has 2 heterocycles. The summed E-state index contributed by atoms with van der Waals surface area (Å²) in [6.07, 6.45) is 6.17. The maximum atomic E-state index is 12.4. The van der Waals surface area contributed by atoms with Gasteiger partial charge in [0.2, 0.25) is 0 Å². The monoisotopic (exact) mass is 265 g/mol. The lowest BCUT2D eigenvalue weighted by Crippen LogP contribution is -2.41. The average molecular weight is 265 g/mol. The van der Waals surface area contributed by atoms with E-state index in [2.05, 4.69) is 6.07 Å². The molecule has 1 atom stereocenters. The zero-order chi connectivity index (χ0) is 12.5. The second-order valence-corrected chi connectivity index (χ2v) is 6.45. The first kappa shape index (κ1) is 12.2. The van der Waals surface area contributed by atoms with Gasteiger partial charge in [-0.3, -0.25) is 4.79 Å². The SMILES string of the molecule is O=C(c1cc2c(s1)CCCC2)N1CCC[C@H](O)C1. The number of rotatable bonds is 1. The second-order valence-electron chi connectivity index (χ2n) is 5.31. The van der Waals surface area contributed by atoms with Gasteiger partial charge < -0.3 is 10.0 Å². The third-order valence-electron chi connectivity index (χ3n) is 3.89. The smallest absolute Gasteiger partial charge is 0.264 e. The maximum Gasteiger partial charge on any atom is 0.264 e. The van der Waals surface area contributed by atoms with E-state index < -0.39 is 0 Å². The number of likely N-dealkylation sites (tertiary alicyclic amines) is 1. The molecule has 1 N–H and O–H groups in total. The summed E-state index contributed by atoms with van der Waals surface area (Å²) < 4.78 is 0. The highest BCUT2D eigenvalue weighted by atomic mass is 32.1. The van der Waals surface area contributed by atoms with Gasteiger partial charge in [0.15, 0.2) is 0 Å². The molecule has 1 fully saturated rings. The molecule has 4 heteroatoms. The van der Waals surface area contributed by atoms with Gasteiger partial charge in [0.25, 0.3) is 5.91 Å². The van der Waals surface area contributed by atoms with Gasteiger partial charge in [-0.15, -0.1) is 11.3 Å². The van der Waals surface area contributed by atoms with Crippen LogP contribution in [0, 0.1) is 0 Å². The van der Waals surface area contributed by atoms with Gasteiger partial charge in [-0.2, -0.15) is 0 Å². The molecule has 1 aromatic heterocycles. The van der Waals surface area contributed by atoms with Crippen LogP contribution in [0.2, 0.25) is 0 Å². The third-order valence-corrected chi connectivity index (χ3v) is 5.12. The van der Waals surface area contributed by atoms with Crippen molar-refractivity contribution in [2.45, 2.75) is 44.6 Å². The Hall–Kier alpha value is -0.870. The highest BCUT2D eigenvalue weighted by Crippen LogP contribution is 2.30. The quantitative estimate of drug-likeness (QED) is 0.846. The minimum Gasteiger partial charge on any atom is -0.391 e. The van der Waals surface area contributed by atoms with E-state index in [0.717, 1.165) is 37.1 Å². The van der Waals surface area contributed by atoms with E-state index in [0.29, 0.717) is 6.54 Å². The van der Waals surface area contributed by atoms with Crippen molar-refractivity contribution < 1.29 is 9.90 Å². The van der Waals surface area contributed by atoms with Crippen molar-refractivity contribution >= 4 is 17.2 Å². The molecule has 1 aliphatic carbocycles.